The predicted octanol–water partition coefficient (Wildman–Crippen LogP) is 3.63. The van der Waals surface area contributed by atoms with Gasteiger partial charge in [0.2, 0.25) is 0 Å². The van der Waals surface area contributed by atoms with E-state index in [0.29, 0.717) is 5.69 Å². The largest absolute Gasteiger partial charge is 0.337 e. The minimum absolute atomic E-state index is 0.0484. The highest BCUT2D eigenvalue weighted by molar-refractivity contribution is 5.99. The molecule has 3 heterocycles. The molecule has 23 heavy (non-hydrogen) atoms. The van der Waals surface area contributed by atoms with Crippen LogP contribution in [0.3, 0.4) is 0 Å². The van der Waals surface area contributed by atoms with Crippen molar-refractivity contribution in [1.82, 2.24) is 14.3 Å². The molecule has 0 atom stereocenters. The molecule has 4 nitrogen and oxygen atoms in total. The molecule has 1 aliphatic heterocycles. The summed E-state index contributed by atoms with van der Waals surface area (Å²) in [5.74, 6) is 0.0484. The van der Waals surface area contributed by atoms with Gasteiger partial charge in [-0.25, -0.2) is 4.98 Å². The van der Waals surface area contributed by atoms with Gasteiger partial charge in [0, 0.05) is 24.8 Å². The normalized spacial score (nSPS) is 15.0. The van der Waals surface area contributed by atoms with Crippen molar-refractivity contribution in [2.45, 2.75) is 19.3 Å². The Bertz CT molecular complexity index is 832. The van der Waals surface area contributed by atoms with Crippen molar-refractivity contribution < 1.29 is 4.79 Å². The number of hydrogen-bond donors (Lipinski definition) is 0. The van der Waals surface area contributed by atoms with Gasteiger partial charge in [-0.1, -0.05) is 36.4 Å². The minimum atomic E-state index is 0.0484. The molecule has 3 aromatic rings. The minimum Gasteiger partial charge on any atom is -0.337 e. The predicted molar refractivity (Wildman–Crippen MR) is 90.4 cm³/mol. The zero-order valence-electron chi connectivity index (χ0n) is 13.0. The fourth-order valence-corrected chi connectivity index (χ4v) is 3.26. The van der Waals surface area contributed by atoms with Crippen LogP contribution >= 0.6 is 0 Å². The Hall–Kier alpha value is -2.62. The molecule has 1 aromatic carbocycles. The number of nitrogens with zero attached hydrogens (tertiary/aromatic N) is 3. The molecule has 1 fully saturated rings. The van der Waals surface area contributed by atoms with E-state index in [1.807, 2.05) is 64.0 Å². The molecular formula is C19H19N3O. The summed E-state index contributed by atoms with van der Waals surface area (Å²) >= 11 is 0. The van der Waals surface area contributed by atoms with Gasteiger partial charge in [0.25, 0.3) is 5.91 Å². The molecule has 0 aliphatic carbocycles. The first kappa shape index (κ1) is 14.0. The van der Waals surface area contributed by atoms with E-state index < -0.39 is 0 Å². The summed E-state index contributed by atoms with van der Waals surface area (Å²) in [5, 5.41) is 0. The molecule has 0 bridgehead atoms. The fraction of sp³-hybridized carbons (Fsp3) is 0.263. The Kier molecular flexibility index (Phi) is 3.58. The highest BCUT2D eigenvalue weighted by atomic mass is 16.2. The van der Waals surface area contributed by atoms with Crippen LogP contribution in [0.4, 0.5) is 0 Å². The molecule has 4 heteroatoms. The molecule has 0 unspecified atom stereocenters. The van der Waals surface area contributed by atoms with E-state index in [-0.39, 0.29) is 5.91 Å². The summed E-state index contributed by atoms with van der Waals surface area (Å²) in [6.45, 7) is 1.67. The number of pyridine rings is 1. The second-order valence-corrected chi connectivity index (χ2v) is 5.96. The van der Waals surface area contributed by atoms with E-state index in [1.54, 1.807) is 0 Å². The number of carbonyl (C=O) groups is 1. The summed E-state index contributed by atoms with van der Waals surface area (Å²) in [6, 6.07) is 15.9. The number of benzene rings is 1. The van der Waals surface area contributed by atoms with Crippen molar-refractivity contribution in [3.63, 3.8) is 0 Å². The van der Waals surface area contributed by atoms with Gasteiger partial charge in [-0.15, -0.1) is 0 Å². The highest BCUT2D eigenvalue weighted by Crippen LogP contribution is 2.27. The summed E-state index contributed by atoms with van der Waals surface area (Å²) in [6.07, 6.45) is 5.34. The quantitative estimate of drug-likeness (QED) is 0.725. The lowest BCUT2D eigenvalue weighted by Gasteiger charge is -2.26. The third-order valence-electron chi connectivity index (χ3n) is 4.42. The molecule has 1 amide bonds. The van der Waals surface area contributed by atoms with Gasteiger partial charge in [0.15, 0.2) is 5.69 Å². The van der Waals surface area contributed by atoms with Crippen LogP contribution in [-0.4, -0.2) is 33.3 Å². The average molecular weight is 305 g/mol. The van der Waals surface area contributed by atoms with Crippen molar-refractivity contribution in [2.75, 3.05) is 13.1 Å². The molecule has 0 N–H and O–H groups in total. The topological polar surface area (TPSA) is 37.6 Å². The number of imidazole rings is 1. The van der Waals surface area contributed by atoms with Crippen LogP contribution in [0.2, 0.25) is 0 Å². The second kappa shape index (κ2) is 5.88. The zero-order chi connectivity index (χ0) is 15.6. The Labute approximate surface area is 135 Å². The Morgan fingerprint density at radius 1 is 0.913 bits per heavy atom. The number of likely N-dealkylation sites (tertiary alicyclic amines) is 1. The number of hydrogen-bond acceptors (Lipinski definition) is 2. The monoisotopic (exact) mass is 305 g/mol. The van der Waals surface area contributed by atoms with Crippen LogP contribution in [0.15, 0.2) is 54.7 Å². The molecule has 2 aromatic heterocycles. The SMILES string of the molecule is O=C(c1nc2ccccn2c1-c1ccccc1)N1CCCCC1. The molecule has 1 saturated heterocycles. The van der Waals surface area contributed by atoms with Crippen LogP contribution in [0.5, 0.6) is 0 Å². The van der Waals surface area contributed by atoms with Crippen molar-refractivity contribution in [3.8, 4) is 11.3 Å². The maximum Gasteiger partial charge on any atom is 0.274 e. The van der Waals surface area contributed by atoms with E-state index in [2.05, 4.69) is 4.98 Å². The van der Waals surface area contributed by atoms with Gasteiger partial charge < -0.3 is 4.90 Å². The zero-order valence-corrected chi connectivity index (χ0v) is 13.0. The molecule has 0 saturated carbocycles. The van der Waals surface area contributed by atoms with E-state index in [0.717, 1.165) is 42.8 Å². The number of aromatic nitrogens is 2. The number of fused-ring (bicyclic) bond motifs is 1. The third-order valence-corrected chi connectivity index (χ3v) is 4.42. The van der Waals surface area contributed by atoms with Gasteiger partial charge in [-0.3, -0.25) is 9.20 Å². The summed E-state index contributed by atoms with van der Waals surface area (Å²) in [5.41, 5.74) is 3.28. The molecule has 1 aliphatic rings. The molecule has 0 spiro atoms. The number of carbonyl (C=O) groups excluding carboxylic acids is 1. The number of rotatable bonds is 2. The van der Waals surface area contributed by atoms with Crippen LogP contribution in [0, 0.1) is 0 Å². The smallest absolute Gasteiger partial charge is 0.274 e. The Morgan fingerprint density at radius 3 is 2.43 bits per heavy atom. The Morgan fingerprint density at radius 2 is 1.65 bits per heavy atom. The first-order valence-electron chi connectivity index (χ1n) is 8.16. The lowest BCUT2D eigenvalue weighted by atomic mass is 10.1. The first-order chi connectivity index (χ1) is 11.3. The van der Waals surface area contributed by atoms with Gasteiger partial charge in [-0.05, 0) is 31.4 Å². The van der Waals surface area contributed by atoms with E-state index in [9.17, 15) is 4.79 Å². The Balaban J connectivity index is 1.87. The standard InChI is InChI=1S/C19H19N3O/c23-19(21-12-6-2-7-13-21)17-18(15-9-3-1-4-10-15)22-14-8-5-11-16(22)20-17/h1,3-5,8-11,14H,2,6-7,12-13H2. The van der Waals surface area contributed by atoms with E-state index in [1.165, 1.54) is 6.42 Å². The second-order valence-electron chi connectivity index (χ2n) is 5.96. The first-order valence-corrected chi connectivity index (χ1v) is 8.16. The maximum atomic E-state index is 13.0. The van der Waals surface area contributed by atoms with Crippen molar-refractivity contribution in [1.29, 1.82) is 0 Å². The highest BCUT2D eigenvalue weighted by Gasteiger charge is 2.25. The van der Waals surface area contributed by atoms with E-state index >= 15 is 0 Å². The van der Waals surface area contributed by atoms with E-state index in [4.69, 9.17) is 0 Å². The number of piperidine rings is 1. The molecule has 116 valence electrons. The third kappa shape index (κ3) is 2.50. The van der Waals surface area contributed by atoms with Crippen LogP contribution in [-0.2, 0) is 0 Å². The molecule has 0 radical (unpaired) electrons. The van der Waals surface area contributed by atoms with Crippen molar-refractivity contribution >= 4 is 11.6 Å². The van der Waals surface area contributed by atoms with Crippen molar-refractivity contribution in [3.05, 3.63) is 60.4 Å². The van der Waals surface area contributed by atoms with Gasteiger partial charge in [-0.2, -0.15) is 0 Å². The summed E-state index contributed by atoms with van der Waals surface area (Å²) in [7, 11) is 0. The van der Waals surface area contributed by atoms with Gasteiger partial charge >= 0.3 is 0 Å². The van der Waals surface area contributed by atoms with Crippen LogP contribution < -0.4 is 0 Å². The van der Waals surface area contributed by atoms with Gasteiger partial charge in [0.1, 0.15) is 5.65 Å². The van der Waals surface area contributed by atoms with Crippen LogP contribution in [0.1, 0.15) is 29.8 Å². The summed E-state index contributed by atoms with van der Waals surface area (Å²) in [4.78, 5) is 19.6. The van der Waals surface area contributed by atoms with Gasteiger partial charge in [0.05, 0.1) is 5.69 Å². The molecule has 4 rings (SSSR count). The summed E-state index contributed by atoms with van der Waals surface area (Å²) < 4.78 is 2.01. The maximum absolute atomic E-state index is 13.0. The number of amides is 1. The fourth-order valence-electron chi connectivity index (χ4n) is 3.26. The van der Waals surface area contributed by atoms with Crippen LogP contribution in [0.25, 0.3) is 16.9 Å². The lowest BCUT2D eigenvalue weighted by Crippen LogP contribution is -2.36. The molecular weight excluding hydrogens is 286 g/mol. The van der Waals surface area contributed by atoms with Crippen molar-refractivity contribution in [2.24, 2.45) is 0 Å². The average Bonchev–Trinajstić information content (AvgIpc) is 3.02. The lowest BCUT2D eigenvalue weighted by molar-refractivity contribution is 0.0720.